The minimum absolute atomic E-state index is 0.0275. The number of carbonyl (C=O) groups excluding carboxylic acids is 2. The van der Waals surface area contributed by atoms with Crippen molar-refractivity contribution >= 4 is 33.3 Å². The molecule has 8 heteroatoms. The highest BCUT2D eigenvalue weighted by atomic mass is 32.2. The van der Waals surface area contributed by atoms with E-state index in [0.717, 1.165) is 5.56 Å². The SMILES string of the molecule is CC(=O)Nc1ccc(OC(=O)c2cccc(S(=O)(=O)N3CCc4ccccc43)c2)cc1. The van der Waals surface area contributed by atoms with Crippen molar-refractivity contribution in [2.75, 3.05) is 16.2 Å². The van der Waals surface area contributed by atoms with E-state index in [-0.39, 0.29) is 22.1 Å². The minimum Gasteiger partial charge on any atom is -0.423 e. The van der Waals surface area contributed by atoms with Crippen molar-refractivity contribution in [3.63, 3.8) is 0 Å². The molecule has 158 valence electrons. The summed E-state index contributed by atoms with van der Waals surface area (Å²) in [6, 6.07) is 19.5. The molecular weight excluding hydrogens is 416 g/mol. The molecule has 1 aliphatic heterocycles. The fourth-order valence-electron chi connectivity index (χ4n) is 3.44. The quantitative estimate of drug-likeness (QED) is 0.487. The zero-order valence-electron chi connectivity index (χ0n) is 16.7. The van der Waals surface area contributed by atoms with Crippen LogP contribution in [0.2, 0.25) is 0 Å². The van der Waals surface area contributed by atoms with E-state index in [4.69, 9.17) is 4.74 Å². The van der Waals surface area contributed by atoms with Gasteiger partial charge >= 0.3 is 5.97 Å². The third-order valence-electron chi connectivity index (χ3n) is 4.89. The largest absolute Gasteiger partial charge is 0.423 e. The number of esters is 1. The minimum atomic E-state index is -3.81. The summed E-state index contributed by atoms with van der Waals surface area (Å²) in [4.78, 5) is 23.7. The number of amides is 1. The molecule has 0 spiro atoms. The number of sulfonamides is 1. The molecule has 0 fully saturated rings. The van der Waals surface area contributed by atoms with Gasteiger partial charge < -0.3 is 10.1 Å². The zero-order valence-corrected chi connectivity index (χ0v) is 17.6. The van der Waals surface area contributed by atoms with Crippen molar-refractivity contribution < 1.29 is 22.7 Å². The van der Waals surface area contributed by atoms with E-state index in [2.05, 4.69) is 5.32 Å². The first-order valence-corrected chi connectivity index (χ1v) is 11.1. The molecule has 0 atom stereocenters. The lowest BCUT2D eigenvalue weighted by Crippen LogP contribution is -2.29. The maximum atomic E-state index is 13.2. The Morgan fingerprint density at radius 1 is 0.968 bits per heavy atom. The van der Waals surface area contributed by atoms with Gasteiger partial charge in [0.25, 0.3) is 10.0 Å². The van der Waals surface area contributed by atoms with Crippen molar-refractivity contribution in [3.05, 3.63) is 83.9 Å². The number of hydrogen-bond acceptors (Lipinski definition) is 5. The number of benzene rings is 3. The van der Waals surface area contributed by atoms with Crippen LogP contribution in [0.25, 0.3) is 0 Å². The van der Waals surface area contributed by atoms with Gasteiger partial charge in [0.15, 0.2) is 0 Å². The fourth-order valence-corrected chi connectivity index (χ4v) is 4.99. The third kappa shape index (κ3) is 4.29. The average molecular weight is 436 g/mol. The second-order valence-electron chi connectivity index (χ2n) is 7.08. The molecule has 3 aromatic rings. The highest BCUT2D eigenvalue weighted by molar-refractivity contribution is 7.92. The van der Waals surface area contributed by atoms with Gasteiger partial charge in [-0.25, -0.2) is 13.2 Å². The molecule has 3 aromatic carbocycles. The van der Waals surface area contributed by atoms with Gasteiger partial charge in [-0.05, 0) is 60.5 Å². The Morgan fingerprint density at radius 3 is 2.45 bits per heavy atom. The van der Waals surface area contributed by atoms with Crippen LogP contribution in [0.15, 0.2) is 77.7 Å². The topological polar surface area (TPSA) is 92.8 Å². The summed E-state index contributed by atoms with van der Waals surface area (Å²) in [5, 5.41) is 2.62. The highest BCUT2D eigenvalue weighted by Crippen LogP contribution is 2.32. The monoisotopic (exact) mass is 436 g/mol. The second kappa shape index (κ2) is 8.23. The smallest absolute Gasteiger partial charge is 0.343 e. The van der Waals surface area contributed by atoms with Crippen molar-refractivity contribution in [1.82, 2.24) is 0 Å². The van der Waals surface area contributed by atoms with E-state index < -0.39 is 16.0 Å². The normalized spacial score (nSPS) is 12.9. The van der Waals surface area contributed by atoms with E-state index in [9.17, 15) is 18.0 Å². The first kappa shape index (κ1) is 20.6. The van der Waals surface area contributed by atoms with Gasteiger partial charge in [-0.1, -0.05) is 24.3 Å². The lowest BCUT2D eigenvalue weighted by atomic mass is 10.2. The van der Waals surface area contributed by atoms with Crippen LogP contribution in [-0.2, 0) is 21.2 Å². The van der Waals surface area contributed by atoms with Crippen LogP contribution in [-0.4, -0.2) is 26.8 Å². The maximum Gasteiger partial charge on any atom is 0.343 e. The van der Waals surface area contributed by atoms with E-state index in [0.29, 0.717) is 24.3 Å². The molecule has 1 aliphatic rings. The van der Waals surface area contributed by atoms with E-state index >= 15 is 0 Å². The fraction of sp³-hybridized carbons (Fsp3) is 0.130. The third-order valence-corrected chi connectivity index (χ3v) is 6.70. The standard InChI is InChI=1S/C23H20N2O5S/c1-16(26)24-19-9-11-20(12-10-19)30-23(27)18-6-4-7-21(15-18)31(28,29)25-14-13-17-5-2-3-8-22(17)25/h2-12,15H,13-14H2,1H3,(H,24,26). The van der Waals surface area contributed by atoms with Gasteiger partial charge in [-0.15, -0.1) is 0 Å². The molecule has 0 bridgehead atoms. The summed E-state index contributed by atoms with van der Waals surface area (Å²) in [6.07, 6.45) is 0.644. The van der Waals surface area contributed by atoms with Crippen LogP contribution in [0, 0.1) is 0 Å². The molecule has 0 saturated carbocycles. The van der Waals surface area contributed by atoms with Crippen LogP contribution >= 0.6 is 0 Å². The number of rotatable bonds is 5. The van der Waals surface area contributed by atoms with Crippen LogP contribution in [0.1, 0.15) is 22.8 Å². The number of ether oxygens (including phenoxy) is 1. The van der Waals surface area contributed by atoms with Crippen LogP contribution in [0.4, 0.5) is 11.4 Å². The molecule has 1 N–H and O–H groups in total. The predicted octanol–water partition coefficient (Wildman–Crippen LogP) is 3.62. The zero-order chi connectivity index (χ0) is 22.0. The van der Waals surface area contributed by atoms with E-state index in [1.165, 1.54) is 35.5 Å². The van der Waals surface area contributed by atoms with Gasteiger partial charge in [0, 0.05) is 19.2 Å². The number of nitrogens with zero attached hydrogens (tertiary/aromatic N) is 1. The summed E-state index contributed by atoms with van der Waals surface area (Å²) < 4.78 is 33.1. The summed E-state index contributed by atoms with van der Waals surface area (Å²) in [5.74, 6) is -0.602. The molecule has 0 aromatic heterocycles. The Balaban J connectivity index is 1.54. The molecule has 0 unspecified atom stereocenters. The van der Waals surface area contributed by atoms with Crippen LogP contribution in [0.3, 0.4) is 0 Å². The molecule has 31 heavy (non-hydrogen) atoms. The van der Waals surface area contributed by atoms with Gasteiger partial charge in [0.05, 0.1) is 16.1 Å². The van der Waals surface area contributed by atoms with E-state index in [1.54, 1.807) is 36.4 Å². The Bertz CT molecular complexity index is 1250. The molecule has 0 radical (unpaired) electrons. The first-order chi connectivity index (χ1) is 14.8. The second-order valence-corrected chi connectivity index (χ2v) is 8.94. The van der Waals surface area contributed by atoms with Gasteiger partial charge in [-0.3, -0.25) is 9.10 Å². The molecule has 0 aliphatic carbocycles. The Labute approximate surface area is 180 Å². The van der Waals surface area contributed by atoms with Crippen LogP contribution < -0.4 is 14.4 Å². The highest BCUT2D eigenvalue weighted by Gasteiger charge is 2.31. The van der Waals surface area contributed by atoms with Crippen molar-refractivity contribution in [3.8, 4) is 5.75 Å². The summed E-state index contributed by atoms with van der Waals surface area (Å²) >= 11 is 0. The van der Waals surface area contributed by atoms with Crippen molar-refractivity contribution in [2.24, 2.45) is 0 Å². The van der Waals surface area contributed by atoms with Crippen molar-refractivity contribution in [1.29, 1.82) is 0 Å². The van der Waals surface area contributed by atoms with Gasteiger partial charge in [0.2, 0.25) is 5.91 Å². The summed E-state index contributed by atoms with van der Waals surface area (Å²) in [7, 11) is -3.81. The number of carbonyl (C=O) groups is 2. The number of para-hydroxylation sites is 1. The predicted molar refractivity (Wildman–Crippen MR) is 117 cm³/mol. The Morgan fingerprint density at radius 2 is 1.71 bits per heavy atom. The lowest BCUT2D eigenvalue weighted by Gasteiger charge is -2.19. The molecule has 4 rings (SSSR count). The molecule has 7 nitrogen and oxygen atoms in total. The van der Waals surface area contributed by atoms with Crippen LogP contribution in [0.5, 0.6) is 5.75 Å². The summed E-state index contributed by atoms with van der Waals surface area (Å²) in [5.41, 5.74) is 2.34. The van der Waals surface area contributed by atoms with Gasteiger partial charge in [0.1, 0.15) is 5.75 Å². The lowest BCUT2D eigenvalue weighted by molar-refractivity contribution is -0.114. The van der Waals surface area contributed by atoms with Crippen molar-refractivity contribution in [2.45, 2.75) is 18.2 Å². The van der Waals surface area contributed by atoms with E-state index in [1.807, 2.05) is 12.1 Å². The number of fused-ring (bicyclic) bond motifs is 1. The summed E-state index contributed by atoms with van der Waals surface area (Å²) in [6.45, 7) is 1.76. The first-order valence-electron chi connectivity index (χ1n) is 9.65. The molecule has 0 saturated heterocycles. The maximum absolute atomic E-state index is 13.2. The average Bonchev–Trinajstić information content (AvgIpc) is 3.20. The number of anilines is 2. The Kier molecular flexibility index (Phi) is 5.48. The Hall–Kier alpha value is -3.65. The molecular formula is C23H20N2O5S. The number of nitrogens with one attached hydrogen (secondary N) is 1. The van der Waals surface area contributed by atoms with Gasteiger partial charge in [-0.2, -0.15) is 0 Å². The number of hydrogen-bond donors (Lipinski definition) is 1. The molecule has 1 heterocycles. The molecule has 1 amide bonds.